The summed E-state index contributed by atoms with van der Waals surface area (Å²) in [6.45, 7) is 28.5. The molecule has 0 N–H and O–H groups in total. The molecule has 1 aliphatic carbocycles. The van der Waals surface area contributed by atoms with Gasteiger partial charge >= 0.3 is 0 Å². The normalized spacial score (nSPS) is 18.4. The van der Waals surface area contributed by atoms with Gasteiger partial charge in [-0.05, 0) is 187 Å². The largest absolute Gasteiger partial charge is 0.457 e. The van der Waals surface area contributed by atoms with Crippen LogP contribution in [0.3, 0.4) is 0 Å². The van der Waals surface area contributed by atoms with Gasteiger partial charge in [0.2, 0.25) is 11.8 Å². The Kier molecular flexibility index (Phi) is 29.9. The highest BCUT2D eigenvalue weighted by atomic mass is 16.5. The molecule has 4 aliphatic rings. The SMILES string of the molecule is CCCCCCCCC1C(CCCCCC)CCC(CCCCCCCCN2C(=O)c3ccc(Oc4ccc(C(C)(C)c5ccc(Oc6ccc7c(c6)C(=O)N(C(C)(C)c6ccc(C(C)(C)c8ccc(C(C)(C)c9ccc(N%10C(=O)CC(C)C%10=O)cc9)cc8)cc6)C7=O)cc5)cc4)cc3C2=O)C1CCCCCCCCC(C)CC. The van der Waals surface area contributed by atoms with E-state index in [1.54, 1.807) is 43.3 Å². The van der Waals surface area contributed by atoms with E-state index in [1.165, 1.54) is 188 Å². The van der Waals surface area contributed by atoms with Crippen molar-refractivity contribution in [3.8, 4) is 23.0 Å². The van der Waals surface area contributed by atoms with Gasteiger partial charge in [-0.2, -0.15) is 0 Å². The van der Waals surface area contributed by atoms with E-state index in [1.807, 2.05) is 86.6 Å². The van der Waals surface area contributed by atoms with E-state index >= 15 is 0 Å². The van der Waals surface area contributed by atoms with Crippen LogP contribution in [-0.4, -0.2) is 51.8 Å². The maximum atomic E-state index is 14.4. The van der Waals surface area contributed by atoms with E-state index in [2.05, 4.69) is 118 Å². The molecule has 2 fully saturated rings. The van der Waals surface area contributed by atoms with Gasteiger partial charge in [-0.1, -0.05) is 322 Å². The van der Waals surface area contributed by atoms with Crippen molar-refractivity contribution in [3.63, 3.8) is 0 Å². The van der Waals surface area contributed by atoms with Crippen LogP contribution >= 0.6 is 0 Å². The maximum Gasteiger partial charge on any atom is 0.262 e. The topological polar surface area (TPSA) is 131 Å². The quantitative estimate of drug-likeness (QED) is 0.0273. The van der Waals surface area contributed by atoms with Crippen molar-refractivity contribution in [1.29, 1.82) is 0 Å². The number of imide groups is 3. The number of fused-ring (bicyclic) bond motifs is 2. The zero-order valence-corrected chi connectivity index (χ0v) is 71.7. The number of amides is 6. The van der Waals surface area contributed by atoms with Crippen LogP contribution in [0, 0.1) is 35.5 Å². The smallest absolute Gasteiger partial charge is 0.262 e. The lowest BCUT2D eigenvalue weighted by Gasteiger charge is -2.44. The number of hydrogen-bond donors (Lipinski definition) is 0. The van der Waals surface area contributed by atoms with Gasteiger partial charge < -0.3 is 9.47 Å². The minimum absolute atomic E-state index is 0.156. The fourth-order valence-electron chi connectivity index (χ4n) is 19.1. The van der Waals surface area contributed by atoms with Gasteiger partial charge in [0, 0.05) is 35.1 Å². The van der Waals surface area contributed by atoms with Crippen molar-refractivity contribution in [2.24, 2.45) is 35.5 Å². The molecule has 7 aromatic carbocycles. The van der Waals surface area contributed by atoms with Crippen molar-refractivity contribution in [2.75, 3.05) is 11.4 Å². The van der Waals surface area contributed by atoms with E-state index < -0.39 is 11.0 Å². The van der Waals surface area contributed by atoms with Gasteiger partial charge in [-0.25, -0.2) is 0 Å². The van der Waals surface area contributed by atoms with E-state index in [9.17, 15) is 28.8 Å². The van der Waals surface area contributed by atoms with Crippen molar-refractivity contribution < 1.29 is 38.2 Å². The Morgan fingerprint density at radius 2 is 0.719 bits per heavy atom. The fraction of sp³-hybridized carbons (Fsp3) is 0.534. The standard InChI is InChI=1S/C103H135N3O8/c1-14-17-19-21-28-34-40-88-74(38-32-20-18-15-2)42-43-75(89(88)41-35-29-23-22-26-31-37-72(4)16-3)39-33-27-24-25-30-36-68-104-96(109)90-66-64-86(70-92(90)97(104)110)113-84-60-54-80(55-61-84)102(10,11)81-56-62-85(63-57-81)114-87-65-67-91-93(71-87)99(112)106(98(91)111)103(12,13)82-50-48-78(49-51-82)100(6,7)76-44-46-77(47-45-76)101(8,9)79-52-58-83(59-53-79)105-94(107)69-73(5)95(105)108/h44-67,70-75,88-89H,14-43,68-69H2,1-13H3. The van der Waals surface area contributed by atoms with Gasteiger partial charge in [0.1, 0.15) is 23.0 Å². The van der Waals surface area contributed by atoms with Crippen LogP contribution in [0.1, 0.15) is 369 Å². The molecule has 1 saturated heterocycles. The predicted molar refractivity (Wildman–Crippen MR) is 465 cm³/mol. The summed E-state index contributed by atoms with van der Waals surface area (Å²) in [5.41, 5.74) is 7.31. The second-order valence-corrected chi connectivity index (χ2v) is 36.6. The summed E-state index contributed by atoms with van der Waals surface area (Å²) in [5.74, 6) is 4.86. The molecule has 3 aliphatic heterocycles. The number of rotatable bonds is 44. The van der Waals surface area contributed by atoms with E-state index in [-0.39, 0.29) is 58.6 Å². The minimum atomic E-state index is -0.980. The molecule has 6 amide bonds. The molecule has 0 aromatic heterocycles. The average Bonchev–Trinajstić information content (AvgIpc) is 1.57. The summed E-state index contributed by atoms with van der Waals surface area (Å²) in [4.78, 5) is 85.6. The summed E-state index contributed by atoms with van der Waals surface area (Å²) < 4.78 is 12.7. The Bertz CT molecular complexity index is 4360. The van der Waals surface area contributed by atoms with Gasteiger partial charge in [-0.15, -0.1) is 0 Å². The molecule has 7 aromatic rings. The summed E-state index contributed by atoms with van der Waals surface area (Å²) in [7, 11) is 0. The van der Waals surface area contributed by atoms with Crippen molar-refractivity contribution >= 4 is 41.1 Å². The molecule has 3 heterocycles. The van der Waals surface area contributed by atoms with Gasteiger partial charge in [0.15, 0.2) is 0 Å². The first-order valence-electron chi connectivity index (χ1n) is 44.6. The highest BCUT2D eigenvalue weighted by Gasteiger charge is 2.46. The first-order valence-corrected chi connectivity index (χ1v) is 44.6. The highest BCUT2D eigenvalue weighted by Crippen LogP contribution is 2.49. The molecule has 1 saturated carbocycles. The number of benzene rings is 7. The van der Waals surface area contributed by atoms with Crippen LogP contribution in [-0.2, 0) is 31.4 Å². The lowest BCUT2D eigenvalue weighted by atomic mass is 9.61. The van der Waals surface area contributed by atoms with Crippen molar-refractivity contribution in [3.05, 3.63) is 219 Å². The molecule has 610 valence electrons. The number of carbonyl (C=O) groups is 6. The number of hydrogen-bond acceptors (Lipinski definition) is 8. The Hall–Kier alpha value is -8.44. The molecule has 0 bridgehead atoms. The Morgan fingerprint density at radius 3 is 1.15 bits per heavy atom. The van der Waals surface area contributed by atoms with E-state index in [4.69, 9.17) is 9.47 Å². The summed E-state index contributed by atoms with van der Waals surface area (Å²) in [6, 6.07) is 50.8. The maximum absolute atomic E-state index is 14.4. The molecule has 11 heteroatoms. The van der Waals surface area contributed by atoms with Crippen LogP contribution in [0.15, 0.2) is 158 Å². The third-order valence-corrected chi connectivity index (χ3v) is 27.2. The molecule has 0 spiro atoms. The summed E-state index contributed by atoms with van der Waals surface area (Å²) in [6.07, 6.45) is 40.8. The third kappa shape index (κ3) is 20.5. The average molecular weight is 1540 g/mol. The molecule has 11 rings (SSSR count). The van der Waals surface area contributed by atoms with Crippen LogP contribution in [0.5, 0.6) is 23.0 Å². The predicted octanol–water partition coefficient (Wildman–Crippen LogP) is 27.2. The van der Waals surface area contributed by atoms with E-state index in [0.29, 0.717) is 57.5 Å². The number of nitrogens with zero attached hydrogens (tertiary/aromatic N) is 3. The number of unbranched alkanes of at least 4 members (excludes halogenated alkanes) is 18. The molecule has 0 radical (unpaired) electrons. The summed E-state index contributed by atoms with van der Waals surface area (Å²) >= 11 is 0. The Balaban J connectivity index is 0.624. The van der Waals surface area contributed by atoms with Crippen molar-refractivity contribution in [2.45, 2.75) is 311 Å². The zero-order chi connectivity index (χ0) is 81.3. The second-order valence-electron chi connectivity index (χ2n) is 36.6. The van der Waals surface area contributed by atoms with Crippen LogP contribution in [0.25, 0.3) is 0 Å². The highest BCUT2D eigenvalue weighted by molar-refractivity contribution is 6.23. The molecular formula is C103H135N3O8. The summed E-state index contributed by atoms with van der Waals surface area (Å²) in [5, 5.41) is 0. The van der Waals surface area contributed by atoms with Gasteiger partial charge in [-0.3, -0.25) is 43.5 Å². The van der Waals surface area contributed by atoms with Crippen LogP contribution in [0.4, 0.5) is 5.69 Å². The number of carbonyl (C=O) groups excluding carboxylic acids is 6. The number of ether oxygens (including phenoxy) is 2. The van der Waals surface area contributed by atoms with Crippen molar-refractivity contribution in [1.82, 2.24) is 9.80 Å². The molecule has 114 heavy (non-hydrogen) atoms. The molecule has 6 unspecified atom stereocenters. The minimum Gasteiger partial charge on any atom is -0.457 e. The number of anilines is 1. The molecule has 11 nitrogen and oxygen atoms in total. The Morgan fingerprint density at radius 1 is 0.377 bits per heavy atom. The first-order chi connectivity index (χ1) is 54.8. The van der Waals surface area contributed by atoms with E-state index in [0.717, 1.165) is 87.8 Å². The lowest BCUT2D eigenvalue weighted by molar-refractivity contribution is -0.122. The monoisotopic (exact) mass is 1540 g/mol. The molecule has 6 atom stereocenters. The van der Waals surface area contributed by atoms with Gasteiger partial charge in [0.05, 0.1) is 33.5 Å². The van der Waals surface area contributed by atoms with Crippen LogP contribution in [0.2, 0.25) is 0 Å². The lowest BCUT2D eigenvalue weighted by Crippen LogP contribution is -2.45. The van der Waals surface area contributed by atoms with Crippen LogP contribution < -0.4 is 14.4 Å². The first kappa shape index (κ1) is 86.4. The van der Waals surface area contributed by atoms with Gasteiger partial charge in [0.25, 0.3) is 23.6 Å². The molecular weight excluding hydrogens is 1410 g/mol. The third-order valence-electron chi connectivity index (χ3n) is 27.2. The zero-order valence-electron chi connectivity index (χ0n) is 71.7. The second kappa shape index (κ2) is 39.5. The Labute approximate surface area is 684 Å². The fourth-order valence-corrected chi connectivity index (χ4v) is 19.1.